The predicted molar refractivity (Wildman–Crippen MR) is 110 cm³/mol. The molecule has 0 unspecified atom stereocenters. The van der Waals surface area contributed by atoms with E-state index in [0.717, 1.165) is 58.0 Å². The van der Waals surface area contributed by atoms with Crippen molar-refractivity contribution < 1.29 is 4.79 Å². The maximum absolute atomic E-state index is 12.5. The number of hydrogen-bond acceptors (Lipinski definition) is 4. The predicted octanol–water partition coefficient (Wildman–Crippen LogP) is 2.73. The molecule has 1 aromatic heterocycles. The van der Waals surface area contributed by atoms with Gasteiger partial charge in [0.15, 0.2) is 0 Å². The zero-order valence-electron chi connectivity index (χ0n) is 17.0. The standard InChI is InChI=1S/C21H35N5O/c1-18-6-3-10-24(17-18)11-4-8-23-21(27)26-13-5-12-25(14-15-26)20-7-9-22-16-19(20)2/h7,9,16,18H,3-6,8,10-15,17H2,1-2H3,(H,23,27)/t18-/m0/s1. The molecule has 0 aliphatic carbocycles. The lowest BCUT2D eigenvalue weighted by Crippen LogP contribution is -2.43. The first-order chi connectivity index (χ1) is 13.1. The van der Waals surface area contributed by atoms with Gasteiger partial charge in [0.25, 0.3) is 0 Å². The van der Waals surface area contributed by atoms with Gasteiger partial charge in [-0.1, -0.05) is 6.92 Å². The fraction of sp³-hybridized carbons (Fsp3) is 0.714. The number of nitrogens with zero attached hydrogens (tertiary/aromatic N) is 4. The maximum Gasteiger partial charge on any atom is 0.317 e. The summed E-state index contributed by atoms with van der Waals surface area (Å²) in [7, 11) is 0. The van der Waals surface area contributed by atoms with Crippen LogP contribution in [0.4, 0.5) is 10.5 Å². The topological polar surface area (TPSA) is 51.7 Å². The third-order valence-electron chi connectivity index (χ3n) is 5.78. The van der Waals surface area contributed by atoms with E-state index in [9.17, 15) is 4.79 Å². The van der Waals surface area contributed by atoms with Crippen molar-refractivity contribution in [3.8, 4) is 0 Å². The summed E-state index contributed by atoms with van der Waals surface area (Å²) in [6, 6.07) is 2.17. The average molecular weight is 374 g/mol. The fourth-order valence-electron chi connectivity index (χ4n) is 4.28. The van der Waals surface area contributed by atoms with E-state index in [1.807, 2.05) is 17.3 Å². The second-order valence-corrected chi connectivity index (χ2v) is 8.12. The Kier molecular flexibility index (Phi) is 7.33. The Hall–Kier alpha value is -1.82. The molecule has 6 nitrogen and oxygen atoms in total. The number of carbonyl (C=O) groups excluding carboxylic acids is 1. The van der Waals surface area contributed by atoms with Crippen LogP contribution in [0.5, 0.6) is 0 Å². The molecule has 0 saturated carbocycles. The number of likely N-dealkylation sites (tertiary alicyclic amines) is 1. The summed E-state index contributed by atoms with van der Waals surface area (Å²) in [5.41, 5.74) is 2.44. The number of urea groups is 1. The van der Waals surface area contributed by atoms with E-state index >= 15 is 0 Å². The SMILES string of the molecule is Cc1cnccc1N1CCCN(C(=O)NCCCN2CCC[C@H](C)C2)CC1. The molecule has 2 amide bonds. The number of pyridine rings is 1. The molecule has 2 saturated heterocycles. The van der Waals surface area contributed by atoms with Gasteiger partial charge in [-0.05, 0) is 63.2 Å². The minimum atomic E-state index is 0.0929. The van der Waals surface area contributed by atoms with Gasteiger partial charge < -0.3 is 20.0 Å². The molecular weight excluding hydrogens is 338 g/mol. The number of rotatable bonds is 5. The van der Waals surface area contributed by atoms with E-state index in [1.165, 1.54) is 37.2 Å². The van der Waals surface area contributed by atoms with Crippen LogP contribution in [0.3, 0.4) is 0 Å². The van der Waals surface area contributed by atoms with Crippen molar-refractivity contribution in [3.05, 3.63) is 24.0 Å². The molecule has 2 aliphatic rings. The van der Waals surface area contributed by atoms with Crippen molar-refractivity contribution in [3.63, 3.8) is 0 Å². The van der Waals surface area contributed by atoms with Crippen molar-refractivity contribution in [1.82, 2.24) is 20.1 Å². The molecule has 3 rings (SSSR count). The van der Waals surface area contributed by atoms with Crippen LogP contribution < -0.4 is 10.2 Å². The highest BCUT2D eigenvalue weighted by molar-refractivity contribution is 5.74. The van der Waals surface area contributed by atoms with Crippen molar-refractivity contribution >= 4 is 11.7 Å². The normalized spacial score (nSPS) is 21.8. The van der Waals surface area contributed by atoms with Crippen LogP contribution in [-0.2, 0) is 0 Å². The molecule has 0 radical (unpaired) electrons. The van der Waals surface area contributed by atoms with Crippen LogP contribution in [0.1, 0.15) is 38.2 Å². The highest BCUT2D eigenvalue weighted by atomic mass is 16.2. The number of nitrogens with one attached hydrogen (secondary N) is 1. The molecule has 0 bridgehead atoms. The third-order valence-corrected chi connectivity index (χ3v) is 5.78. The van der Waals surface area contributed by atoms with Crippen LogP contribution in [-0.4, -0.2) is 73.2 Å². The van der Waals surface area contributed by atoms with Gasteiger partial charge in [-0.25, -0.2) is 4.79 Å². The van der Waals surface area contributed by atoms with Crippen LogP contribution in [0.2, 0.25) is 0 Å². The number of aromatic nitrogens is 1. The van der Waals surface area contributed by atoms with E-state index in [2.05, 4.69) is 40.0 Å². The second-order valence-electron chi connectivity index (χ2n) is 8.12. The number of hydrogen-bond donors (Lipinski definition) is 1. The Morgan fingerprint density at radius 2 is 2.11 bits per heavy atom. The Labute approximate surface area is 163 Å². The van der Waals surface area contributed by atoms with Crippen LogP contribution >= 0.6 is 0 Å². The summed E-state index contributed by atoms with van der Waals surface area (Å²) in [5, 5.41) is 3.13. The molecule has 27 heavy (non-hydrogen) atoms. The Morgan fingerprint density at radius 1 is 1.22 bits per heavy atom. The molecular formula is C21H35N5O. The zero-order valence-corrected chi connectivity index (χ0v) is 17.0. The average Bonchev–Trinajstić information content (AvgIpc) is 2.92. The van der Waals surface area contributed by atoms with Crippen LogP contribution in [0, 0.1) is 12.8 Å². The van der Waals surface area contributed by atoms with Crippen LogP contribution in [0.25, 0.3) is 0 Å². The molecule has 150 valence electrons. The van der Waals surface area contributed by atoms with Gasteiger partial charge in [-0.15, -0.1) is 0 Å². The Bertz CT molecular complexity index is 608. The quantitative estimate of drug-likeness (QED) is 0.807. The van der Waals surface area contributed by atoms with E-state index in [1.54, 1.807) is 0 Å². The summed E-state index contributed by atoms with van der Waals surface area (Å²) in [5.74, 6) is 0.817. The highest BCUT2D eigenvalue weighted by Gasteiger charge is 2.20. The maximum atomic E-state index is 12.5. The molecule has 6 heteroatoms. The van der Waals surface area contributed by atoms with Gasteiger partial charge in [0, 0.05) is 57.3 Å². The number of amides is 2. The largest absolute Gasteiger partial charge is 0.369 e. The Balaban J connectivity index is 1.38. The number of carbonyl (C=O) groups is 1. The number of anilines is 1. The monoisotopic (exact) mass is 373 g/mol. The van der Waals surface area contributed by atoms with Crippen molar-refractivity contribution in [2.24, 2.45) is 5.92 Å². The molecule has 2 fully saturated rings. The summed E-state index contributed by atoms with van der Waals surface area (Å²) < 4.78 is 0. The highest BCUT2D eigenvalue weighted by Crippen LogP contribution is 2.20. The number of piperidine rings is 1. The first-order valence-electron chi connectivity index (χ1n) is 10.5. The first-order valence-corrected chi connectivity index (χ1v) is 10.5. The Morgan fingerprint density at radius 3 is 2.93 bits per heavy atom. The van der Waals surface area contributed by atoms with E-state index in [-0.39, 0.29) is 6.03 Å². The van der Waals surface area contributed by atoms with Gasteiger partial charge in [0.2, 0.25) is 0 Å². The molecule has 3 heterocycles. The van der Waals surface area contributed by atoms with Gasteiger partial charge in [0.1, 0.15) is 0 Å². The van der Waals surface area contributed by atoms with Crippen LogP contribution in [0.15, 0.2) is 18.5 Å². The van der Waals surface area contributed by atoms with Crippen molar-refractivity contribution in [2.45, 2.75) is 39.5 Å². The smallest absolute Gasteiger partial charge is 0.317 e. The minimum absolute atomic E-state index is 0.0929. The van der Waals surface area contributed by atoms with E-state index in [0.29, 0.717) is 0 Å². The summed E-state index contributed by atoms with van der Waals surface area (Å²) in [6.07, 6.45) is 8.47. The molecule has 0 spiro atoms. The number of aryl methyl sites for hydroxylation is 1. The summed E-state index contributed by atoms with van der Waals surface area (Å²) in [6.45, 7) is 12.2. The second kappa shape index (κ2) is 9.93. The minimum Gasteiger partial charge on any atom is -0.369 e. The van der Waals surface area contributed by atoms with E-state index < -0.39 is 0 Å². The molecule has 2 aliphatic heterocycles. The lowest BCUT2D eigenvalue weighted by atomic mass is 10.0. The first kappa shape index (κ1) is 19.9. The van der Waals surface area contributed by atoms with Gasteiger partial charge in [-0.3, -0.25) is 4.98 Å². The summed E-state index contributed by atoms with van der Waals surface area (Å²) >= 11 is 0. The molecule has 0 aromatic carbocycles. The lowest BCUT2D eigenvalue weighted by molar-refractivity contribution is 0.179. The van der Waals surface area contributed by atoms with Crippen molar-refractivity contribution in [1.29, 1.82) is 0 Å². The summed E-state index contributed by atoms with van der Waals surface area (Å²) in [4.78, 5) is 23.6. The third kappa shape index (κ3) is 5.83. The molecule has 1 atom stereocenters. The lowest BCUT2D eigenvalue weighted by Gasteiger charge is -2.30. The molecule has 1 N–H and O–H groups in total. The zero-order chi connectivity index (χ0) is 19.1. The van der Waals surface area contributed by atoms with Gasteiger partial charge in [0.05, 0.1) is 0 Å². The fourth-order valence-corrected chi connectivity index (χ4v) is 4.28. The van der Waals surface area contributed by atoms with E-state index in [4.69, 9.17) is 0 Å². The van der Waals surface area contributed by atoms with Gasteiger partial charge in [-0.2, -0.15) is 0 Å². The molecule has 1 aromatic rings. The van der Waals surface area contributed by atoms with Gasteiger partial charge >= 0.3 is 6.03 Å². The van der Waals surface area contributed by atoms with Crippen molar-refractivity contribution in [2.75, 3.05) is 57.3 Å².